The topological polar surface area (TPSA) is 39.7 Å². The summed E-state index contributed by atoms with van der Waals surface area (Å²) in [5, 5.41) is 3.66. The van der Waals surface area contributed by atoms with Crippen molar-refractivity contribution in [3.05, 3.63) is 23.8 Å². The Labute approximate surface area is 120 Å². The summed E-state index contributed by atoms with van der Waals surface area (Å²) in [7, 11) is 0. The predicted octanol–water partition coefficient (Wildman–Crippen LogP) is 2.54. The van der Waals surface area contributed by atoms with Gasteiger partial charge in [-0.2, -0.15) is 0 Å². The van der Waals surface area contributed by atoms with Crippen LogP contribution in [0.2, 0.25) is 0 Å². The summed E-state index contributed by atoms with van der Waals surface area (Å²) in [5.74, 6) is 2.30. The third kappa shape index (κ3) is 2.76. The molecular weight excluding hydrogens is 254 g/mol. The quantitative estimate of drug-likeness (QED) is 0.898. The van der Waals surface area contributed by atoms with Crippen LogP contribution in [0.25, 0.3) is 0 Å². The summed E-state index contributed by atoms with van der Waals surface area (Å²) < 4.78 is 17.1. The average molecular weight is 277 g/mol. The Bertz CT molecular complexity index is 443. The third-order valence-electron chi connectivity index (χ3n) is 3.98. The molecule has 2 aliphatic rings. The molecular formula is C16H23NO3. The van der Waals surface area contributed by atoms with Crippen molar-refractivity contribution in [1.29, 1.82) is 0 Å². The highest BCUT2D eigenvalue weighted by Gasteiger charge is 2.30. The summed E-state index contributed by atoms with van der Waals surface area (Å²) in [6.45, 7) is 6.15. The molecule has 0 amide bonds. The lowest BCUT2D eigenvalue weighted by Gasteiger charge is -2.29. The van der Waals surface area contributed by atoms with Crippen molar-refractivity contribution in [2.75, 3.05) is 33.0 Å². The summed E-state index contributed by atoms with van der Waals surface area (Å²) >= 11 is 0. The standard InChI is InChI=1S/C16H23NO3/c1-2-7-17-15(12-6-8-18-11-12)13-4-3-5-14-16(13)20-10-9-19-14/h3-5,12,15,17H,2,6-11H2,1H3. The lowest BCUT2D eigenvalue weighted by atomic mass is 9.91. The lowest BCUT2D eigenvalue weighted by molar-refractivity contribution is 0.162. The number of fused-ring (bicyclic) bond motifs is 1. The van der Waals surface area contributed by atoms with E-state index in [-0.39, 0.29) is 6.04 Å². The van der Waals surface area contributed by atoms with Gasteiger partial charge in [0.2, 0.25) is 0 Å². The van der Waals surface area contributed by atoms with E-state index in [1.54, 1.807) is 0 Å². The molecule has 0 aromatic heterocycles. The Morgan fingerprint density at radius 3 is 2.95 bits per heavy atom. The van der Waals surface area contributed by atoms with Crippen LogP contribution >= 0.6 is 0 Å². The van der Waals surface area contributed by atoms with Crippen molar-refractivity contribution in [3.63, 3.8) is 0 Å². The Balaban J connectivity index is 1.89. The first-order valence-electron chi connectivity index (χ1n) is 7.59. The highest BCUT2D eigenvalue weighted by molar-refractivity contribution is 5.49. The van der Waals surface area contributed by atoms with E-state index in [2.05, 4.69) is 24.4 Å². The monoisotopic (exact) mass is 277 g/mol. The van der Waals surface area contributed by atoms with Crippen LogP contribution in [-0.2, 0) is 4.74 Å². The number of para-hydroxylation sites is 1. The number of nitrogens with one attached hydrogen (secondary N) is 1. The second-order valence-electron chi connectivity index (χ2n) is 5.43. The first-order chi connectivity index (χ1) is 9.90. The molecule has 1 aromatic carbocycles. The van der Waals surface area contributed by atoms with Crippen LogP contribution in [0, 0.1) is 5.92 Å². The molecule has 20 heavy (non-hydrogen) atoms. The molecule has 0 aliphatic carbocycles. The molecule has 0 spiro atoms. The van der Waals surface area contributed by atoms with Crippen LogP contribution in [0.4, 0.5) is 0 Å². The summed E-state index contributed by atoms with van der Waals surface area (Å²) in [6.07, 6.45) is 2.22. The number of ether oxygens (including phenoxy) is 3. The van der Waals surface area contributed by atoms with E-state index in [9.17, 15) is 0 Å². The molecule has 2 unspecified atom stereocenters. The van der Waals surface area contributed by atoms with Crippen LogP contribution in [0.5, 0.6) is 11.5 Å². The maximum atomic E-state index is 5.87. The van der Waals surface area contributed by atoms with Crippen molar-refractivity contribution >= 4 is 0 Å². The molecule has 2 atom stereocenters. The molecule has 2 heterocycles. The molecule has 1 N–H and O–H groups in total. The summed E-state index contributed by atoms with van der Waals surface area (Å²) in [6, 6.07) is 6.48. The fourth-order valence-electron chi connectivity index (χ4n) is 2.99. The van der Waals surface area contributed by atoms with Crippen LogP contribution in [-0.4, -0.2) is 33.0 Å². The maximum absolute atomic E-state index is 5.87. The van der Waals surface area contributed by atoms with Crippen molar-refractivity contribution in [2.24, 2.45) is 5.92 Å². The normalized spacial score (nSPS) is 22.8. The Hall–Kier alpha value is -1.26. The van der Waals surface area contributed by atoms with Crippen LogP contribution < -0.4 is 14.8 Å². The zero-order valence-corrected chi connectivity index (χ0v) is 12.1. The fraction of sp³-hybridized carbons (Fsp3) is 0.625. The Morgan fingerprint density at radius 2 is 2.15 bits per heavy atom. The second-order valence-corrected chi connectivity index (χ2v) is 5.43. The molecule has 1 aromatic rings. The zero-order valence-electron chi connectivity index (χ0n) is 12.1. The van der Waals surface area contributed by atoms with Gasteiger partial charge < -0.3 is 19.5 Å². The zero-order chi connectivity index (χ0) is 13.8. The van der Waals surface area contributed by atoms with E-state index in [1.165, 1.54) is 5.56 Å². The molecule has 3 rings (SSSR count). The van der Waals surface area contributed by atoms with Gasteiger partial charge in [0.1, 0.15) is 13.2 Å². The summed E-state index contributed by atoms with van der Waals surface area (Å²) in [5.41, 5.74) is 1.21. The van der Waals surface area contributed by atoms with Crippen molar-refractivity contribution in [2.45, 2.75) is 25.8 Å². The van der Waals surface area contributed by atoms with Gasteiger partial charge in [-0.15, -0.1) is 0 Å². The molecule has 110 valence electrons. The second kappa shape index (κ2) is 6.46. The average Bonchev–Trinajstić information content (AvgIpc) is 3.02. The van der Waals surface area contributed by atoms with Crippen molar-refractivity contribution in [3.8, 4) is 11.5 Å². The minimum atomic E-state index is 0.286. The van der Waals surface area contributed by atoms with Gasteiger partial charge in [0.25, 0.3) is 0 Å². The van der Waals surface area contributed by atoms with Gasteiger partial charge in [0.15, 0.2) is 11.5 Å². The highest BCUT2D eigenvalue weighted by atomic mass is 16.6. The number of hydrogen-bond acceptors (Lipinski definition) is 4. The van der Waals surface area contributed by atoms with Crippen LogP contribution in [0.1, 0.15) is 31.4 Å². The van der Waals surface area contributed by atoms with Gasteiger partial charge in [-0.3, -0.25) is 0 Å². The molecule has 0 saturated carbocycles. The fourth-order valence-corrected chi connectivity index (χ4v) is 2.99. The maximum Gasteiger partial charge on any atom is 0.166 e. The molecule has 1 fully saturated rings. The Morgan fingerprint density at radius 1 is 1.25 bits per heavy atom. The van der Waals surface area contributed by atoms with E-state index in [1.807, 2.05) is 6.07 Å². The van der Waals surface area contributed by atoms with E-state index in [0.717, 1.165) is 44.1 Å². The van der Waals surface area contributed by atoms with Crippen molar-refractivity contribution < 1.29 is 14.2 Å². The highest BCUT2D eigenvalue weighted by Crippen LogP contribution is 2.40. The first-order valence-corrected chi connectivity index (χ1v) is 7.59. The minimum absolute atomic E-state index is 0.286. The SMILES string of the molecule is CCCNC(c1cccc2c1OCCO2)C1CCOC1. The minimum Gasteiger partial charge on any atom is -0.486 e. The molecule has 0 radical (unpaired) electrons. The smallest absolute Gasteiger partial charge is 0.166 e. The third-order valence-corrected chi connectivity index (χ3v) is 3.98. The van der Waals surface area contributed by atoms with Gasteiger partial charge in [-0.05, 0) is 25.5 Å². The van der Waals surface area contributed by atoms with E-state index in [0.29, 0.717) is 19.1 Å². The van der Waals surface area contributed by atoms with Gasteiger partial charge in [-0.25, -0.2) is 0 Å². The molecule has 1 saturated heterocycles. The van der Waals surface area contributed by atoms with Crippen LogP contribution in [0.3, 0.4) is 0 Å². The number of benzene rings is 1. The molecule has 0 bridgehead atoms. The van der Waals surface area contributed by atoms with Gasteiger partial charge >= 0.3 is 0 Å². The largest absolute Gasteiger partial charge is 0.486 e. The molecule has 4 nitrogen and oxygen atoms in total. The Kier molecular flexibility index (Phi) is 4.43. The first kappa shape index (κ1) is 13.7. The van der Waals surface area contributed by atoms with E-state index in [4.69, 9.17) is 14.2 Å². The van der Waals surface area contributed by atoms with Gasteiger partial charge in [-0.1, -0.05) is 19.1 Å². The van der Waals surface area contributed by atoms with Crippen molar-refractivity contribution in [1.82, 2.24) is 5.32 Å². The van der Waals surface area contributed by atoms with Crippen LogP contribution in [0.15, 0.2) is 18.2 Å². The number of rotatable bonds is 5. The number of hydrogen-bond donors (Lipinski definition) is 1. The van der Waals surface area contributed by atoms with Gasteiger partial charge in [0.05, 0.1) is 6.61 Å². The van der Waals surface area contributed by atoms with Gasteiger partial charge in [0, 0.05) is 24.1 Å². The molecule has 4 heteroatoms. The predicted molar refractivity (Wildman–Crippen MR) is 77.4 cm³/mol. The van der Waals surface area contributed by atoms with E-state index < -0.39 is 0 Å². The van der Waals surface area contributed by atoms with E-state index >= 15 is 0 Å². The summed E-state index contributed by atoms with van der Waals surface area (Å²) in [4.78, 5) is 0. The molecule has 2 aliphatic heterocycles. The lowest BCUT2D eigenvalue weighted by Crippen LogP contribution is -2.30.